The number of alkyl halides is 1. The minimum absolute atomic E-state index is 0.140. The summed E-state index contributed by atoms with van der Waals surface area (Å²) < 4.78 is 27.8. The van der Waals surface area contributed by atoms with Crippen LogP contribution in [0.3, 0.4) is 0 Å². The Morgan fingerprint density at radius 1 is 1.05 bits per heavy atom. The number of aryl methyl sites for hydroxylation is 1. The third kappa shape index (κ3) is 3.84. The Morgan fingerprint density at radius 3 is 2.57 bits per heavy atom. The molecule has 194 valence electrons. The second kappa shape index (κ2) is 8.28. The van der Waals surface area contributed by atoms with Crippen molar-refractivity contribution >= 4 is 23.4 Å². The first kappa shape index (κ1) is 23.2. The molecule has 4 aliphatic heterocycles. The van der Waals surface area contributed by atoms with Crippen LogP contribution < -0.4 is 14.5 Å². The van der Waals surface area contributed by atoms with Crippen molar-refractivity contribution in [3.63, 3.8) is 0 Å². The van der Waals surface area contributed by atoms with Crippen LogP contribution in [0.15, 0.2) is 30.3 Å². The molecule has 3 saturated heterocycles. The molecule has 11 heteroatoms. The van der Waals surface area contributed by atoms with E-state index < -0.39 is 5.67 Å². The zero-order valence-corrected chi connectivity index (χ0v) is 21.7. The molecule has 0 amide bonds. The van der Waals surface area contributed by atoms with Gasteiger partial charge in [-0.05, 0) is 42.8 Å². The SMILES string of the molecule is COc1ccc(C)nc1N1CC2(C1)CN(c1nnc3n1-c1ccc(Cl)cc1CN(CC1(F)COC1)C3)C2. The number of hydrogen-bond acceptors (Lipinski definition) is 8. The Morgan fingerprint density at radius 2 is 1.84 bits per heavy atom. The fraction of sp³-hybridized carbons (Fsp3) is 0.500. The van der Waals surface area contributed by atoms with Gasteiger partial charge in [0.2, 0.25) is 5.95 Å². The van der Waals surface area contributed by atoms with E-state index in [1.807, 2.05) is 37.3 Å². The summed E-state index contributed by atoms with van der Waals surface area (Å²) in [5.41, 5.74) is 1.91. The van der Waals surface area contributed by atoms with Crippen LogP contribution in [0.2, 0.25) is 5.02 Å². The lowest BCUT2D eigenvalue weighted by Gasteiger charge is -2.60. The van der Waals surface area contributed by atoms with E-state index in [4.69, 9.17) is 26.1 Å². The molecular formula is C26H29ClFN7O2. The van der Waals surface area contributed by atoms with E-state index >= 15 is 0 Å². The molecule has 0 bridgehead atoms. The number of anilines is 2. The minimum Gasteiger partial charge on any atom is -0.493 e. The molecule has 37 heavy (non-hydrogen) atoms. The van der Waals surface area contributed by atoms with Gasteiger partial charge in [0.25, 0.3) is 0 Å². The Labute approximate surface area is 219 Å². The van der Waals surface area contributed by atoms with E-state index in [-0.39, 0.29) is 18.6 Å². The van der Waals surface area contributed by atoms with Gasteiger partial charge < -0.3 is 19.3 Å². The maximum atomic E-state index is 14.9. The van der Waals surface area contributed by atoms with Gasteiger partial charge in [-0.1, -0.05) is 11.6 Å². The molecule has 0 aliphatic carbocycles. The standard InChI is InChI=1S/C26H29ClFN7O2/c1-17-3-6-21(36-2)23(29-17)33-10-25(11-33)12-34(13-25)24-31-30-22-9-32(14-26(28)15-37-16-26)8-18-7-19(27)4-5-20(18)35(22)24/h3-7H,8-16H2,1-2H3. The summed E-state index contributed by atoms with van der Waals surface area (Å²) in [5, 5.41) is 9.82. The Balaban J connectivity index is 1.12. The van der Waals surface area contributed by atoms with Gasteiger partial charge in [-0.25, -0.2) is 9.37 Å². The number of aromatic nitrogens is 4. The first-order chi connectivity index (χ1) is 17.8. The maximum absolute atomic E-state index is 14.9. The number of benzene rings is 1. The highest BCUT2D eigenvalue weighted by Gasteiger charge is 2.54. The van der Waals surface area contributed by atoms with E-state index in [1.54, 1.807) is 7.11 Å². The number of fused-ring (bicyclic) bond motifs is 3. The summed E-state index contributed by atoms with van der Waals surface area (Å²) in [7, 11) is 1.69. The van der Waals surface area contributed by atoms with Crippen molar-refractivity contribution in [2.45, 2.75) is 25.7 Å². The van der Waals surface area contributed by atoms with Gasteiger partial charge in [-0.3, -0.25) is 9.47 Å². The van der Waals surface area contributed by atoms with Crippen LogP contribution in [0, 0.1) is 12.3 Å². The Bertz CT molecular complexity index is 1360. The molecule has 2 aromatic heterocycles. The predicted molar refractivity (Wildman–Crippen MR) is 138 cm³/mol. The average molecular weight is 526 g/mol. The second-order valence-electron chi connectivity index (χ2n) is 11.0. The summed E-state index contributed by atoms with van der Waals surface area (Å²) in [5.74, 6) is 3.36. The highest BCUT2D eigenvalue weighted by atomic mass is 35.5. The number of halogens is 2. The Kier molecular flexibility index (Phi) is 5.19. The first-order valence-corrected chi connectivity index (χ1v) is 13.0. The number of nitrogens with zero attached hydrogens (tertiary/aromatic N) is 7. The van der Waals surface area contributed by atoms with Gasteiger partial charge in [-0.2, -0.15) is 0 Å². The van der Waals surface area contributed by atoms with E-state index in [2.05, 4.69) is 29.5 Å². The number of rotatable bonds is 5. The zero-order chi connectivity index (χ0) is 25.4. The van der Waals surface area contributed by atoms with Gasteiger partial charge >= 0.3 is 0 Å². The molecule has 1 spiro atoms. The summed E-state index contributed by atoms with van der Waals surface area (Å²) in [4.78, 5) is 11.4. The molecule has 9 nitrogen and oxygen atoms in total. The van der Waals surface area contributed by atoms with Crippen molar-refractivity contribution in [2.24, 2.45) is 5.41 Å². The number of ether oxygens (including phenoxy) is 2. The van der Waals surface area contributed by atoms with Crippen LogP contribution in [-0.4, -0.2) is 83.4 Å². The van der Waals surface area contributed by atoms with Crippen LogP contribution >= 0.6 is 11.6 Å². The van der Waals surface area contributed by atoms with Gasteiger partial charge in [0.15, 0.2) is 23.1 Å². The fourth-order valence-electron chi connectivity index (χ4n) is 6.12. The second-order valence-corrected chi connectivity index (χ2v) is 11.4. The number of pyridine rings is 1. The zero-order valence-electron chi connectivity index (χ0n) is 21.0. The van der Waals surface area contributed by atoms with Gasteiger partial charge in [0.05, 0.1) is 32.6 Å². The molecule has 4 aliphatic rings. The molecule has 0 atom stereocenters. The Hall–Kier alpha value is -2.95. The van der Waals surface area contributed by atoms with Crippen molar-refractivity contribution in [1.82, 2.24) is 24.6 Å². The van der Waals surface area contributed by atoms with Crippen molar-refractivity contribution in [2.75, 3.05) is 62.8 Å². The normalized spacial score (nSPS) is 21.4. The lowest BCUT2D eigenvalue weighted by atomic mass is 9.73. The topological polar surface area (TPSA) is 71.8 Å². The molecule has 0 radical (unpaired) electrons. The lowest BCUT2D eigenvalue weighted by Crippen LogP contribution is -2.73. The molecule has 7 rings (SSSR count). The number of hydrogen-bond donors (Lipinski definition) is 0. The quantitative estimate of drug-likeness (QED) is 0.503. The third-order valence-electron chi connectivity index (χ3n) is 7.87. The highest BCUT2D eigenvalue weighted by molar-refractivity contribution is 6.30. The van der Waals surface area contributed by atoms with Gasteiger partial charge in [0, 0.05) is 55.4 Å². The van der Waals surface area contributed by atoms with Crippen LogP contribution in [0.25, 0.3) is 5.69 Å². The van der Waals surface area contributed by atoms with E-state index in [0.717, 1.165) is 66.5 Å². The molecule has 1 aromatic carbocycles. The molecule has 3 aromatic rings. The van der Waals surface area contributed by atoms with Crippen LogP contribution in [0.1, 0.15) is 17.1 Å². The van der Waals surface area contributed by atoms with Gasteiger partial charge in [0.1, 0.15) is 0 Å². The van der Waals surface area contributed by atoms with Crippen LogP contribution in [-0.2, 0) is 17.8 Å². The fourth-order valence-corrected chi connectivity index (χ4v) is 6.31. The molecule has 3 fully saturated rings. The molecule has 0 N–H and O–H groups in total. The van der Waals surface area contributed by atoms with E-state index in [9.17, 15) is 4.39 Å². The first-order valence-electron chi connectivity index (χ1n) is 12.6. The largest absolute Gasteiger partial charge is 0.493 e. The average Bonchev–Trinajstić information content (AvgIpc) is 3.12. The summed E-state index contributed by atoms with van der Waals surface area (Å²) in [6.07, 6.45) is 0. The molecular weight excluding hydrogens is 497 g/mol. The van der Waals surface area contributed by atoms with Crippen molar-refractivity contribution in [3.8, 4) is 11.4 Å². The van der Waals surface area contributed by atoms with Crippen LogP contribution in [0.4, 0.5) is 16.2 Å². The summed E-state index contributed by atoms with van der Waals surface area (Å²) in [6.45, 7) is 7.32. The third-order valence-corrected chi connectivity index (χ3v) is 8.10. The minimum atomic E-state index is -1.31. The number of methoxy groups -OCH3 is 1. The monoisotopic (exact) mass is 525 g/mol. The summed E-state index contributed by atoms with van der Waals surface area (Å²) >= 11 is 6.37. The summed E-state index contributed by atoms with van der Waals surface area (Å²) in [6, 6.07) is 9.83. The molecule has 0 unspecified atom stereocenters. The van der Waals surface area contributed by atoms with E-state index in [1.165, 1.54) is 0 Å². The van der Waals surface area contributed by atoms with E-state index in [0.29, 0.717) is 24.7 Å². The highest BCUT2D eigenvalue weighted by Crippen LogP contribution is 2.45. The molecule has 6 heterocycles. The predicted octanol–water partition coefficient (Wildman–Crippen LogP) is 3.01. The van der Waals surface area contributed by atoms with Crippen LogP contribution in [0.5, 0.6) is 5.75 Å². The van der Waals surface area contributed by atoms with Crippen molar-refractivity contribution in [3.05, 3.63) is 52.4 Å². The molecule has 0 saturated carbocycles. The smallest absolute Gasteiger partial charge is 0.231 e. The van der Waals surface area contributed by atoms with Crippen molar-refractivity contribution < 1.29 is 13.9 Å². The van der Waals surface area contributed by atoms with Gasteiger partial charge in [-0.15, -0.1) is 10.2 Å². The van der Waals surface area contributed by atoms with Crippen molar-refractivity contribution in [1.29, 1.82) is 0 Å². The maximum Gasteiger partial charge on any atom is 0.231 e. The lowest BCUT2D eigenvalue weighted by molar-refractivity contribution is -0.142.